The van der Waals surface area contributed by atoms with Gasteiger partial charge in [0.25, 0.3) is 0 Å². The Morgan fingerprint density at radius 3 is 2.55 bits per heavy atom. The third kappa shape index (κ3) is 4.64. The molecule has 2 aromatic carbocycles. The predicted octanol–water partition coefficient (Wildman–Crippen LogP) is 8.02. The lowest BCUT2D eigenvalue weighted by molar-refractivity contribution is 0.482. The van der Waals surface area contributed by atoms with E-state index in [0.29, 0.717) is 5.92 Å². The van der Waals surface area contributed by atoms with E-state index in [1.54, 1.807) is 11.1 Å². The number of aryl methyl sites for hydroxylation is 1. The van der Waals surface area contributed by atoms with E-state index in [2.05, 4.69) is 75.0 Å². The minimum absolute atomic E-state index is 0.716. The molecule has 0 bridgehead atoms. The van der Waals surface area contributed by atoms with Crippen LogP contribution in [0.4, 0.5) is 0 Å². The van der Waals surface area contributed by atoms with Crippen molar-refractivity contribution in [3.8, 4) is 11.1 Å². The van der Waals surface area contributed by atoms with Crippen molar-refractivity contribution in [1.82, 2.24) is 0 Å². The molecule has 2 aliphatic rings. The molecule has 4 rings (SSSR count). The van der Waals surface area contributed by atoms with Gasteiger partial charge < -0.3 is 0 Å². The van der Waals surface area contributed by atoms with Crippen molar-refractivity contribution in [3.63, 3.8) is 0 Å². The molecule has 0 aromatic heterocycles. The monoisotopic (exact) mass is 382 g/mol. The van der Waals surface area contributed by atoms with Crippen LogP contribution >= 0.6 is 0 Å². The van der Waals surface area contributed by atoms with Crippen LogP contribution < -0.4 is 0 Å². The lowest BCUT2D eigenvalue weighted by Gasteiger charge is -2.16. The number of fused-ring (bicyclic) bond motifs is 3. The molecule has 0 nitrogen and oxygen atoms in total. The molecule has 1 atom stereocenters. The van der Waals surface area contributed by atoms with Gasteiger partial charge in [-0.2, -0.15) is 0 Å². The Balaban J connectivity index is 1.53. The van der Waals surface area contributed by atoms with E-state index in [1.165, 1.54) is 78.3 Å². The SMILES string of the molecule is C=C(C)C1=CC=C(CCC2Cc3ccccc3-c3ccc(CCCC)cc3C2)C1. The molecular formula is C29H34. The molecule has 0 N–H and O–H groups in total. The Hall–Kier alpha value is -2.34. The molecule has 150 valence electrons. The summed E-state index contributed by atoms with van der Waals surface area (Å²) < 4.78 is 0. The van der Waals surface area contributed by atoms with E-state index < -0.39 is 0 Å². The van der Waals surface area contributed by atoms with Crippen LogP contribution in [-0.4, -0.2) is 0 Å². The second-order valence-corrected chi connectivity index (χ2v) is 9.04. The van der Waals surface area contributed by atoms with E-state index in [-0.39, 0.29) is 0 Å². The first-order valence-corrected chi connectivity index (χ1v) is 11.4. The first-order chi connectivity index (χ1) is 14.1. The van der Waals surface area contributed by atoms with Crippen molar-refractivity contribution in [2.45, 2.75) is 65.2 Å². The van der Waals surface area contributed by atoms with Gasteiger partial charge in [0.2, 0.25) is 0 Å². The summed E-state index contributed by atoms with van der Waals surface area (Å²) in [4.78, 5) is 0. The fourth-order valence-corrected chi connectivity index (χ4v) is 4.91. The van der Waals surface area contributed by atoms with E-state index in [9.17, 15) is 0 Å². The maximum atomic E-state index is 4.11. The van der Waals surface area contributed by atoms with Crippen molar-refractivity contribution >= 4 is 0 Å². The first-order valence-electron chi connectivity index (χ1n) is 11.4. The lowest BCUT2D eigenvalue weighted by atomic mass is 9.88. The fourth-order valence-electron chi connectivity index (χ4n) is 4.91. The molecular weight excluding hydrogens is 348 g/mol. The summed E-state index contributed by atoms with van der Waals surface area (Å²) in [7, 11) is 0. The number of hydrogen-bond donors (Lipinski definition) is 0. The number of benzene rings is 2. The van der Waals surface area contributed by atoms with Crippen molar-refractivity contribution in [1.29, 1.82) is 0 Å². The summed E-state index contributed by atoms with van der Waals surface area (Å²) in [6, 6.07) is 16.3. The maximum absolute atomic E-state index is 4.11. The zero-order valence-corrected chi connectivity index (χ0v) is 18.1. The van der Waals surface area contributed by atoms with Crippen molar-refractivity contribution < 1.29 is 0 Å². The highest BCUT2D eigenvalue weighted by atomic mass is 14.3. The summed E-state index contributed by atoms with van der Waals surface area (Å²) in [6.07, 6.45) is 14.4. The van der Waals surface area contributed by atoms with Crippen molar-refractivity contribution in [2.24, 2.45) is 5.92 Å². The number of unbranched alkanes of at least 4 members (excludes halogenated alkanes) is 1. The van der Waals surface area contributed by atoms with Gasteiger partial charge in [0.05, 0.1) is 0 Å². The Kier molecular flexibility index (Phi) is 6.19. The van der Waals surface area contributed by atoms with Crippen molar-refractivity contribution in [3.05, 3.63) is 94.6 Å². The van der Waals surface area contributed by atoms with Gasteiger partial charge in [0.15, 0.2) is 0 Å². The van der Waals surface area contributed by atoms with Crippen LogP contribution in [-0.2, 0) is 19.3 Å². The van der Waals surface area contributed by atoms with Crippen LogP contribution in [0.15, 0.2) is 77.9 Å². The summed E-state index contributed by atoms with van der Waals surface area (Å²) in [6.45, 7) is 8.51. The molecule has 0 fully saturated rings. The minimum atomic E-state index is 0.716. The van der Waals surface area contributed by atoms with Gasteiger partial charge in [-0.15, -0.1) is 0 Å². The Labute approximate surface area is 177 Å². The molecule has 0 saturated heterocycles. The molecule has 2 aromatic rings. The second-order valence-electron chi connectivity index (χ2n) is 9.04. The summed E-state index contributed by atoms with van der Waals surface area (Å²) >= 11 is 0. The van der Waals surface area contributed by atoms with Crippen LogP contribution in [0.25, 0.3) is 11.1 Å². The highest BCUT2D eigenvalue weighted by molar-refractivity contribution is 5.72. The summed E-state index contributed by atoms with van der Waals surface area (Å²) in [5, 5.41) is 0. The zero-order valence-electron chi connectivity index (χ0n) is 18.1. The number of allylic oxidation sites excluding steroid dienone is 5. The average Bonchev–Trinajstić information content (AvgIpc) is 3.14. The fraction of sp³-hybridized carbons (Fsp3) is 0.379. The molecule has 0 amide bonds. The molecule has 0 heteroatoms. The first kappa shape index (κ1) is 20.0. The second kappa shape index (κ2) is 8.99. The van der Waals surface area contributed by atoms with E-state index in [1.807, 2.05) is 0 Å². The van der Waals surface area contributed by atoms with Gasteiger partial charge >= 0.3 is 0 Å². The van der Waals surface area contributed by atoms with Gasteiger partial charge in [-0.1, -0.05) is 85.7 Å². The van der Waals surface area contributed by atoms with Gasteiger partial charge in [0.1, 0.15) is 0 Å². The zero-order chi connectivity index (χ0) is 20.2. The predicted molar refractivity (Wildman–Crippen MR) is 126 cm³/mol. The molecule has 0 heterocycles. The smallest absolute Gasteiger partial charge is 0.00616 e. The van der Waals surface area contributed by atoms with Crippen LogP contribution in [0.1, 0.15) is 62.6 Å². The van der Waals surface area contributed by atoms with Crippen LogP contribution in [0, 0.1) is 5.92 Å². The van der Waals surface area contributed by atoms with Gasteiger partial charge in [-0.05, 0) is 91.2 Å². The topological polar surface area (TPSA) is 0 Å². The molecule has 1 unspecified atom stereocenters. The molecule has 0 saturated carbocycles. The standard InChI is InChI=1S/C29H34/c1-4-5-8-22-14-16-29-27(18-22)20-24(19-26-9-6-7-10-28(26)29)12-11-23-13-15-25(17-23)21(2)3/h6-7,9-10,13-16,18,24H,2,4-5,8,11-12,17,19-20H2,1,3H3. The van der Waals surface area contributed by atoms with Crippen LogP contribution in [0.2, 0.25) is 0 Å². The highest BCUT2D eigenvalue weighted by Gasteiger charge is 2.22. The number of hydrogen-bond acceptors (Lipinski definition) is 0. The molecule has 2 aliphatic carbocycles. The van der Waals surface area contributed by atoms with Gasteiger partial charge in [-0.25, -0.2) is 0 Å². The van der Waals surface area contributed by atoms with E-state index in [4.69, 9.17) is 0 Å². The van der Waals surface area contributed by atoms with E-state index >= 15 is 0 Å². The van der Waals surface area contributed by atoms with Crippen LogP contribution in [0.5, 0.6) is 0 Å². The van der Waals surface area contributed by atoms with Gasteiger partial charge in [0, 0.05) is 0 Å². The largest absolute Gasteiger partial charge is 0.0958 e. The molecule has 0 aliphatic heterocycles. The summed E-state index contributed by atoms with van der Waals surface area (Å²) in [5.74, 6) is 0.716. The molecule has 0 radical (unpaired) electrons. The minimum Gasteiger partial charge on any atom is -0.0958 e. The molecule has 29 heavy (non-hydrogen) atoms. The van der Waals surface area contributed by atoms with E-state index in [0.717, 1.165) is 6.42 Å². The Bertz CT molecular complexity index is 954. The van der Waals surface area contributed by atoms with Gasteiger partial charge in [-0.3, -0.25) is 0 Å². The quantitative estimate of drug-likeness (QED) is 0.455. The number of rotatable bonds is 7. The third-order valence-corrected chi connectivity index (χ3v) is 6.67. The third-order valence-electron chi connectivity index (χ3n) is 6.67. The Morgan fingerprint density at radius 2 is 1.76 bits per heavy atom. The van der Waals surface area contributed by atoms with Crippen LogP contribution in [0.3, 0.4) is 0 Å². The lowest BCUT2D eigenvalue weighted by Crippen LogP contribution is -2.08. The maximum Gasteiger partial charge on any atom is -0.00616 e. The van der Waals surface area contributed by atoms with Crippen molar-refractivity contribution in [2.75, 3.05) is 0 Å². The molecule has 0 spiro atoms. The highest BCUT2D eigenvalue weighted by Crippen LogP contribution is 2.37. The summed E-state index contributed by atoms with van der Waals surface area (Å²) in [5.41, 5.74) is 11.7. The Morgan fingerprint density at radius 1 is 0.966 bits per heavy atom. The normalized spacial score (nSPS) is 17.8. The average molecular weight is 383 g/mol.